The van der Waals surface area contributed by atoms with Gasteiger partial charge in [0.05, 0.1) is 4.92 Å². The fourth-order valence-corrected chi connectivity index (χ4v) is 2.24. The van der Waals surface area contributed by atoms with E-state index in [1.165, 1.54) is 6.07 Å². The van der Waals surface area contributed by atoms with Crippen molar-refractivity contribution in [2.75, 3.05) is 11.4 Å². The molecule has 0 fully saturated rings. The number of diazo groups is 1. The Morgan fingerprint density at radius 3 is 2.48 bits per heavy atom. The number of nitro groups is 1. The van der Waals surface area contributed by atoms with E-state index in [2.05, 4.69) is 4.98 Å². The summed E-state index contributed by atoms with van der Waals surface area (Å²) in [5.41, 5.74) is 2.15. The summed E-state index contributed by atoms with van der Waals surface area (Å²) in [6, 6.07) is 12.4. The number of hydrogen-bond donors (Lipinski definition) is 0. The second-order valence-corrected chi connectivity index (χ2v) is 4.56. The summed E-state index contributed by atoms with van der Waals surface area (Å²) in [7, 11) is 0. The lowest BCUT2D eigenvalue weighted by Gasteiger charge is -2.22. The first kappa shape index (κ1) is 14.5. The molecule has 0 heterocycles. The van der Waals surface area contributed by atoms with Crippen molar-refractivity contribution >= 4 is 22.7 Å². The monoisotopic (exact) mass is 283 g/mol. The highest BCUT2D eigenvalue weighted by Crippen LogP contribution is 2.38. The fraction of sp³-hybridized carbons (Fsp3) is 0.200. The van der Waals surface area contributed by atoms with E-state index in [0.717, 1.165) is 5.69 Å². The van der Waals surface area contributed by atoms with Crippen molar-refractivity contribution < 1.29 is 4.92 Å². The van der Waals surface area contributed by atoms with Crippen LogP contribution in [0.3, 0.4) is 0 Å². The summed E-state index contributed by atoms with van der Waals surface area (Å²) in [5, 5.41) is 20.2. The second-order valence-electron chi connectivity index (χ2n) is 4.56. The van der Waals surface area contributed by atoms with Crippen molar-refractivity contribution in [1.29, 1.82) is 5.39 Å². The lowest BCUT2D eigenvalue weighted by molar-refractivity contribution is -0.384. The van der Waals surface area contributed by atoms with Crippen LogP contribution in [0.1, 0.15) is 12.5 Å². The maximum absolute atomic E-state index is 11.3. The third-order valence-corrected chi connectivity index (χ3v) is 3.27. The Hall–Kier alpha value is -2.94. The first-order valence-corrected chi connectivity index (χ1v) is 6.55. The highest BCUT2D eigenvalue weighted by molar-refractivity contribution is 5.77. The summed E-state index contributed by atoms with van der Waals surface area (Å²) in [6.07, 6.45) is 0. The van der Waals surface area contributed by atoms with Gasteiger partial charge >= 0.3 is 11.4 Å². The van der Waals surface area contributed by atoms with Gasteiger partial charge in [-0.2, -0.15) is 0 Å². The SMILES string of the molecule is CCN(c1ccccc1)c1cc(C)c([N+]#N)cc1[N+](=O)[O-]. The Kier molecular flexibility index (Phi) is 4.14. The molecule has 6 heteroatoms. The summed E-state index contributed by atoms with van der Waals surface area (Å²) < 4.78 is 0. The van der Waals surface area contributed by atoms with Crippen LogP contribution in [0, 0.1) is 22.4 Å². The summed E-state index contributed by atoms with van der Waals surface area (Å²) in [4.78, 5) is 15.8. The number of rotatable bonds is 4. The number of nitrogens with zero attached hydrogens (tertiary/aromatic N) is 4. The Morgan fingerprint density at radius 2 is 1.95 bits per heavy atom. The molecule has 0 aliphatic heterocycles. The van der Waals surface area contributed by atoms with E-state index in [-0.39, 0.29) is 11.4 Å². The fourth-order valence-electron chi connectivity index (χ4n) is 2.24. The second kappa shape index (κ2) is 6.01. The minimum absolute atomic E-state index is 0.0842. The molecule has 0 saturated carbocycles. The molecule has 2 rings (SSSR count). The summed E-state index contributed by atoms with van der Waals surface area (Å²) in [6.45, 7) is 4.26. The minimum atomic E-state index is -0.463. The van der Waals surface area contributed by atoms with Gasteiger partial charge in [-0.1, -0.05) is 18.2 Å². The number of benzene rings is 2. The largest absolute Gasteiger partial charge is 0.394 e. The third-order valence-electron chi connectivity index (χ3n) is 3.27. The van der Waals surface area contributed by atoms with Crippen LogP contribution in [-0.2, 0) is 0 Å². The van der Waals surface area contributed by atoms with E-state index in [1.54, 1.807) is 13.0 Å². The molecule has 0 unspecified atom stereocenters. The molecule has 2 aromatic rings. The molecule has 0 atom stereocenters. The van der Waals surface area contributed by atoms with E-state index >= 15 is 0 Å². The summed E-state index contributed by atoms with van der Waals surface area (Å²) in [5.74, 6) is 0. The lowest BCUT2D eigenvalue weighted by Crippen LogP contribution is -2.17. The van der Waals surface area contributed by atoms with E-state index in [9.17, 15) is 10.1 Å². The molecule has 0 amide bonds. The topological polar surface area (TPSA) is 74.5 Å². The highest BCUT2D eigenvalue weighted by atomic mass is 16.6. The number of hydrogen-bond acceptors (Lipinski definition) is 4. The van der Waals surface area contributed by atoms with Gasteiger partial charge in [0, 0.05) is 17.8 Å². The average Bonchev–Trinajstić information content (AvgIpc) is 2.49. The van der Waals surface area contributed by atoms with Crippen molar-refractivity contribution in [3.05, 3.63) is 63.1 Å². The van der Waals surface area contributed by atoms with E-state index in [1.807, 2.05) is 42.2 Å². The van der Waals surface area contributed by atoms with Crippen LogP contribution in [0.4, 0.5) is 22.7 Å². The molecule has 0 aliphatic carbocycles. The lowest BCUT2D eigenvalue weighted by atomic mass is 10.1. The Bertz CT molecular complexity index is 708. The van der Waals surface area contributed by atoms with E-state index in [0.29, 0.717) is 17.8 Å². The first-order valence-electron chi connectivity index (χ1n) is 6.55. The molecule has 0 aromatic heterocycles. The van der Waals surface area contributed by atoms with Crippen LogP contribution in [-0.4, -0.2) is 11.5 Å². The van der Waals surface area contributed by atoms with Crippen LogP contribution < -0.4 is 4.90 Å². The Balaban J connectivity index is 2.64. The van der Waals surface area contributed by atoms with Crippen molar-refractivity contribution in [2.45, 2.75) is 13.8 Å². The van der Waals surface area contributed by atoms with Gasteiger partial charge in [0.2, 0.25) is 5.39 Å². The molecule has 21 heavy (non-hydrogen) atoms. The van der Waals surface area contributed by atoms with Gasteiger partial charge in [0.15, 0.2) is 4.98 Å². The molecule has 0 aliphatic rings. The van der Waals surface area contributed by atoms with Crippen LogP contribution in [0.5, 0.6) is 0 Å². The molecule has 2 aromatic carbocycles. The van der Waals surface area contributed by atoms with Crippen LogP contribution in [0.2, 0.25) is 0 Å². The molecular weight excluding hydrogens is 268 g/mol. The molecule has 0 spiro atoms. The maximum atomic E-state index is 11.3. The zero-order chi connectivity index (χ0) is 15.4. The van der Waals surface area contributed by atoms with Gasteiger partial charge in [0.1, 0.15) is 11.8 Å². The van der Waals surface area contributed by atoms with Gasteiger partial charge in [0.25, 0.3) is 0 Å². The zero-order valence-corrected chi connectivity index (χ0v) is 11.9. The van der Waals surface area contributed by atoms with Gasteiger partial charge < -0.3 is 4.90 Å². The van der Waals surface area contributed by atoms with Crippen LogP contribution in [0.25, 0.3) is 4.98 Å². The molecule has 0 N–H and O–H groups in total. The Labute approximate surface area is 122 Å². The van der Waals surface area contributed by atoms with Gasteiger partial charge in [-0.05, 0) is 32.0 Å². The summed E-state index contributed by atoms with van der Waals surface area (Å²) >= 11 is 0. The molecule has 0 radical (unpaired) electrons. The zero-order valence-electron chi connectivity index (χ0n) is 11.9. The normalized spacial score (nSPS) is 9.95. The van der Waals surface area contributed by atoms with Crippen molar-refractivity contribution in [3.8, 4) is 0 Å². The van der Waals surface area contributed by atoms with Gasteiger partial charge in [-0.25, -0.2) is 0 Å². The number of nitro benzene ring substituents is 1. The number of anilines is 2. The van der Waals surface area contributed by atoms with Crippen molar-refractivity contribution in [2.24, 2.45) is 0 Å². The molecule has 0 bridgehead atoms. The van der Waals surface area contributed by atoms with Crippen molar-refractivity contribution in [3.63, 3.8) is 0 Å². The predicted molar refractivity (Wildman–Crippen MR) is 81.7 cm³/mol. The van der Waals surface area contributed by atoms with Gasteiger partial charge in [-0.3, -0.25) is 10.1 Å². The Morgan fingerprint density at radius 1 is 1.29 bits per heavy atom. The maximum Gasteiger partial charge on any atom is 0.394 e. The minimum Gasteiger partial charge on any atom is -0.336 e. The van der Waals surface area contributed by atoms with Crippen LogP contribution >= 0.6 is 0 Å². The highest BCUT2D eigenvalue weighted by Gasteiger charge is 2.26. The van der Waals surface area contributed by atoms with Gasteiger partial charge in [-0.15, -0.1) is 0 Å². The average molecular weight is 283 g/mol. The smallest absolute Gasteiger partial charge is 0.336 e. The molecule has 6 nitrogen and oxygen atoms in total. The molecule has 0 saturated heterocycles. The third kappa shape index (κ3) is 2.82. The standard InChI is InChI=1S/C15H15N4O2/c1-3-18(12-7-5-4-6-8-12)14-9-11(2)13(17-16)10-15(14)19(20)21/h4-10H,3H2,1-2H3/q+1. The molecular formula is C15H15N4O2+. The predicted octanol–water partition coefficient (Wildman–Crippen LogP) is 4.55. The quantitative estimate of drug-likeness (QED) is 0.469. The number of aryl methyl sites for hydroxylation is 1. The van der Waals surface area contributed by atoms with E-state index in [4.69, 9.17) is 5.39 Å². The van der Waals surface area contributed by atoms with Crippen LogP contribution in [0.15, 0.2) is 42.5 Å². The molecule has 106 valence electrons. The van der Waals surface area contributed by atoms with E-state index < -0.39 is 4.92 Å². The number of para-hydroxylation sites is 1. The first-order chi connectivity index (χ1) is 10.1. The van der Waals surface area contributed by atoms with Crippen molar-refractivity contribution in [1.82, 2.24) is 0 Å².